The fraction of sp³-hybridized carbons (Fsp3) is 0. The molecule has 0 aromatic heterocycles. The topological polar surface area (TPSA) is 50.4 Å². The molecule has 0 atom stereocenters. The van der Waals surface area contributed by atoms with E-state index in [1.54, 1.807) is 11.7 Å². The summed E-state index contributed by atoms with van der Waals surface area (Å²) in [6.07, 6.45) is 1.64. The standard InChI is InChI=1S/C3H5N3S/c4-3-1-6-7-2-5-3/h1-2,6H,4H2. The van der Waals surface area contributed by atoms with Crippen molar-refractivity contribution in [1.29, 1.82) is 0 Å². The molecule has 7 heavy (non-hydrogen) atoms. The quantitative estimate of drug-likeness (QED) is 0.438. The summed E-state index contributed by atoms with van der Waals surface area (Å²) in [6, 6.07) is 0. The number of nitrogens with one attached hydrogen (secondary N) is 1. The van der Waals surface area contributed by atoms with E-state index in [1.807, 2.05) is 0 Å². The maximum atomic E-state index is 5.22. The van der Waals surface area contributed by atoms with E-state index in [-0.39, 0.29) is 0 Å². The van der Waals surface area contributed by atoms with Gasteiger partial charge in [-0.05, 0) is 11.9 Å². The normalized spacial score (nSPS) is 18.0. The Kier molecular flexibility index (Phi) is 1.21. The summed E-state index contributed by atoms with van der Waals surface area (Å²) in [6.45, 7) is 0. The van der Waals surface area contributed by atoms with Crippen LogP contribution in [0.3, 0.4) is 0 Å². The second kappa shape index (κ2) is 1.88. The zero-order chi connectivity index (χ0) is 5.11. The van der Waals surface area contributed by atoms with Crippen LogP contribution in [0.15, 0.2) is 17.0 Å². The van der Waals surface area contributed by atoms with Crippen molar-refractivity contribution in [2.24, 2.45) is 10.7 Å². The van der Waals surface area contributed by atoms with Gasteiger partial charge in [-0.1, -0.05) is 0 Å². The van der Waals surface area contributed by atoms with E-state index >= 15 is 0 Å². The van der Waals surface area contributed by atoms with Gasteiger partial charge in [-0.15, -0.1) is 0 Å². The fourth-order valence-corrected chi connectivity index (χ4v) is 0.673. The predicted molar refractivity (Wildman–Crippen MR) is 31.5 cm³/mol. The average molecular weight is 115 g/mol. The third-order valence-corrected chi connectivity index (χ3v) is 0.994. The third-order valence-electron chi connectivity index (χ3n) is 0.529. The van der Waals surface area contributed by atoms with E-state index in [4.69, 9.17) is 5.73 Å². The second-order valence-electron chi connectivity index (χ2n) is 1.04. The molecule has 0 aromatic carbocycles. The first-order valence-corrected chi connectivity index (χ1v) is 2.67. The molecule has 1 rings (SSSR count). The lowest BCUT2D eigenvalue weighted by Crippen LogP contribution is -2.04. The van der Waals surface area contributed by atoms with Gasteiger partial charge in [0.1, 0.15) is 5.82 Å². The van der Waals surface area contributed by atoms with Crippen LogP contribution in [0.1, 0.15) is 0 Å². The van der Waals surface area contributed by atoms with Crippen molar-refractivity contribution in [3.05, 3.63) is 12.0 Å². The van der Waals surface area contributed by atoms with Crippen LogP contribution in [0.2, 0.25) is 0 Å². The number of nitrogens with two attached hydrogens (primary N) is 1. The number of aliphatic imine (C=N–C) groups is 1. The average Bonchev–Trinajstić information content (AvgIpc) is 1.69. The highest BCUT2D eigenvalue weighted by Gasteiger charge is 1.86. The molecule has 3 nitrogen and oxygen atoms in total. The van der Waals surface area contributed by atoms with Crippen molar-refractivity contribution in [2.45, 2.75) is 0 Å². The van der Waals surface area contributed by atoms with E-state index in [0.29, 0.717) is 5.82 Å². The Hall–Kier alpha value is -0.640. The molecule has 0 saturated carbocycles. The zero-order valence-corrected chi connectivity index (χ0v) is 4.40. The van der Waals surface area contributed by atoms with Crippen molar-refractivity contribution < 1.29 is 0 Å². The Morgan fingerprint density at radius 1 is 1.86 bits per heavy atom. The molecule has 0 spiro atoms. The molecular weight excluding hydrogens is 110 g/mol. The first-order valence-electron chi connectivity index (χ1n) is 1.79. The van der Waals surface area contributed by atoms with Crippen LogP contribution in [0.5, 0.6) is 0 Å². The summed E-state index contributed by atoms with van der Waals surface area (Å²) in [5, 5.41) is 0. The smallest absolute Gasteiger partial charge is 0.140 e. The first-order chi connectivity index (χ1) is 3.39. The maximum Gasteiger partial charge on any atom is 0.140 e. The van der Waals surface area contributed by atoms with Crippen molar-refractivity contribution in [2.75, 3.05) is 0 Å². The van der Waals surface area contributed by atoms with Gasteiger partial charge in [-0.3, -0.25) is 0 Å². The van der Waals surface area contributed by atoms with Crippen LogP contribution in [0, 0.1) is 0 Å². The lowest BCUT2D eigenvalue weighted by molar-refractivity contribution is 1.19. The summed E-state index contributed by atoms with van der Waals surface area (Å²) < 4.78 is 2.81. The highest BCUT2D eigenvalue weighted by molar-refractivity contribution is 8.10. The molecule has 0 unspecified atom stereocenters. The van der Waals surface area contributed by atoms with E-state index in [9.17, 15) is 0 Å². The molecule has 3 N–H and O–H groups in total. The van der Waals surface area contributed by atoms with Crippen LogP contribution in [0.4, 0.5) is 0 Å². The van der Waals surface area contributed by atoms with E-state index in [0.717, 1.165) is 0 Å². The predicted octanol–water partition coefficient (Wildman–Crippen LogP) is 0.0237. The molecule has 0 aliphatic carbocycles. The van der Waals surface area contributed by atoms with Crippen molar-refractivity contribution in [3.8, 4) is 0 Å². The van der Waals surface area contributed by atoms with Crippen LogP contribution in [-0.2, 0) is 0 Å². The SMILES string of the molecule is NC1=CNSC=N1. The van der Waals surface area contributed by atoms with Crippen LogP contribution >= 0.6 is 11.9 Å². The molecule has 0 bridgehead atoms. The van der Waals surface area contributed by atoms with Gasteiger partial charge in [-0.2, -0.15) is 0 Å². The zero-order valence-electron chi connectivity index (χ0n) is 3.59. The van der Waals surface area contributed by atoms with Gasteiger partial charge >= 0.3 is 0 Å². The maximum absolute atomic E-state index is 5.22. The largest absolute Gasteiger partial charge is 0.382 e. The van der Waals surface area contributed by atoms with E-state index < -0.39 is 0 Å². The molecule has 1 aliphatic heterocycles. The van der Waals surface area contributed by atoms with Gasteiger partial charge in [0.15, 0.2) is 0 Å². The van der Waals surface area contributed by atoms with Crippen molar-refractivity contribution >= 4 is 17.5 Å². The molecule has 38 valence electrons. The van der Waals surface area contributed by atoms with Crippen LogP contribution in [0.25, 0.3) is 0 Å². The third kappa shape index (κ3) is 1.12. The van der Waals surface area contributed by atoms with Gasteiger partial charge < -0.3 is 10.5 Å². The minimum absolute atomic E-state index is 0.527. The number of hydrogen-bond donors (Lipinski definition) is 2. The summed E-state index contributed by atoms with van der Waals surface area (Å²) in [7, 11) is 0. The van der Waals surface area contributed by atoms with Gasteiger partial charge in [0.25, 0.3) is 0 Å². The summed E-state index contributed by atoms with van der Waals surface area (Å²) in [5.74, 6) is 0.527. The van der Waals surface area contributed by atoms with Crippen LogP contribution < -0.4 is 10.5 Å². The number of rotatable bonds is 0. The molecule has 0 amide bonds. The van der Waals surface area contributed by atoms with Crippen LogP contribution in [-0.4, -0.2) is 5.55 Å². The number of nitrogens with zero attached hydrogens (tertiary/aromatic N) is 1. The van der Waals surface area contributed by atoms with Gasteiger partial charge in [0.2, 0.25) is 0 Å². The Morgan fingerprint density at radius 3 is 3.00 bits per heavy atom. The monoisotopic (exact) mass is 115 g/mol. The molecule has 0 aromatic rings. The Balaban J connectivity index is 2.58. The summed E-state index contributed by atoms with van der Waals surface area (Å²) >= 11 is 1.40. The fourth-order valence-electron chi connectivity index (χ4n) is 0.249. The van der Waals surface area contributed by atoms with E-state index in [1.165, 1.54) is 11.9 Å². The number of hydrogen-bond acceptors (Lipinski definition) is 4. The molecule has 1 aliphatic rings. The minimum Gasteiger partial charge on any atom is -0.382 e. The molecular formula is C3H5N3S. The lowest BCUT2D eigenvalue weighted by atomic mass is 10.8. The molecule has 4 heteroatoms. The van der Waals surface area contributed by atoms with Crippen molar-refractivity contribution in [3.63, 3.8) is 0 Å². The highest BCUT2D eigenvalue weighted by Crippen LogP contribution is 1.96. The highest BCUT2D eigenvalue weighted by atomic mass is 32.2. The Labute approximate surface area is 45.8 Å². The van der Waals surface area contributed by atoms with Gasteiger partial charge in [-0.25, -0.2) is 4.99 Å². The Bertz CT molecular complexity index is 117. The molecule has 1 heterocycles. The minimum atomic E-state index is 0.527. The van der Waals surface area contributed by atoms with E-state index in [2.05, 4.69) is 9.71 Å². The molecule has 0 radical (unpaired) electrons. The Morgan fingerprint density at radius 2 is 2.71 bits per heavy atom. The summed E-state index contributed by atoms with van der Waals surface area (Å²) in [4.78, 5) is 3.74. The first kappa shape index (κ1) is 4.52. The second-order valence-corrected chi connectivity index (χ2v) is 1.72. The van der Waals surface area contributed by atoms with Crippen molar-refractivity contribution in [1.82, 2.24) is 4.72 Å². The van der Waals surface area contributed by atoms with Gasteiger partial charge in [0, 0.05) is 6.20 Å². The lowest BCUT2D eigenvalue weighted by Gasteiger charge is -1.98. The summed E-state index contributed by atoms with van der Waals surface area (Å²) in [5.41, 5.74) is 6.87. The molecule has 0 saturated heterocycles. The van der Waals surface area contributed by atoms with Gasteiger partial charge in [0.05, 0.1) is 5.55 Å². The molecule has 0 fully saturated rings.